The van der Waals surface area contributed by atoms with Gasteiger partial charge in [-0.15, -0.1) is 49.3 Å². The first-order valence-electron chi connectivity index (χ1n) is 38.7. The number of halogens is 9. The Hall–Kier alpha value is -0.950. The molecule has 3 fully saturated rings. The normalized spacial score (nSPS) is 16.3. The molecule has 109 heavy (non-hydrogen) atoms. The van der Waals surface area contributed by atoms with E-state index in [2.05, 4.69) is 273 Å². The van der Waals surface area contributed by atoms with Gasteiger partial charge in [0.25, 0.3) is 0 Å². The molecule has 0 amide bonds. The van der Waals surface area contributed by atoms with Gasteiger partial charge >= 0.3 is 35.1 Å². The molecule has 0 aliphatic carbocycles. The summed E-state index contributed by atoms with van der Waals surface area (Å²) in [5, 5.41) is 7.97. The van der Waals surface area contributed by atoms with Gasteiger partial charge in [-0.05, 0) is 225 Å². The zero-order valence-electron chi connectivity index (χ0n) is 67.9. The summed E-state index contributed by atoms with van der Waals surface area (Å²) in [5.41, 5.74) is 14.9. The van der Waals surface area contributed by atoms with Gasteiger partial charge in [-0.1, -0.05) is 221 Å². The molecule has 3 N–H and O–H groups in total. The van der Waals surface area contributed by atoms with Crippen LogP contribution >= 0.6 is 126 Å². The summed E-state index contributed by atoms with van der Waals surface area (Å²) in [6.45, 7) is 44.4. The Bertz CT molecular complexity index is 2990. The first kappa shape index (κ1) is 117. The number of carboxylic acid groups (broad SMARTS) is 1. The van der Waals surface area contributed by atoms with E-state index < -0.39 is 15.2 Å². The number of carbonyl (C=O) groups excluding carboxylic acids is 5. The number of alkyl halides is 3. The number of ketones is 4. The number of benzene rings is 4. The molecule has 3 aliphatic rings. The molecule has 0 bridgehead atoms. The number of likely N-dealkylation sites (N-methyl/N-ethyl adjacent to an activating group) is 2. The van der Waals surface area contributed by atoms with Crippen molar-refractivity contribution in [2.75, 3.05) is 45.8 Å². The third-order valence-corrected chi connectivity index (χ3v) is 24.1. The zero-order chi connectivity index (χ0) is 79.8. The van der Waals surface area contributed by atoms with E-state index in [9.17, 15) is 28.8 Å². The van der Waals surface area contributed by atoms with E-state index in [1.54, 1.807) is 0 Å². The molecule has 632 valence electrons. The van der Waals surface area contributed by atoms with E-state index in [1.165, 1.54) is 131 Å². The fraction of sp³-hybridized carbons (Fsp3) is 0.640. The van der Waals surface area contributed by atoms with E-state index >= 15 is 0 Å². The molecule has 3 aliphatic heterocycles. The molecule has 7 rings (SSSR count). The van der Waals surface area contributed by atoms with E-state index in [-0.39, 0.29) is 87.1 Å². The molecule has 0 spiro atoms. The van der Waals surface area contributed by atoms with Crippen LogP contribution in [0.2, 0.25) is 0 Å². The topological polar surface area (TPSA) is 174 Å². The molecule has 7 unspecified atom stereocenters. The number of quaternary nitrogens is 2. The summed E-state index contributed by atoms with van der Waals surface area (Å²) in [7, 11) is 11.8. The van der Waals surface area contributed by atoms with Gasteiger partial charge < -0.3 is 19.5 Å². The second-order valence-electron chi connectivity index (χ2n) is 28.5. The number of aliphatic carboxylic acids is 1. The molecule has 3 saturated heterocycles. The van der Waals surface area contributed by atoms with Crippen molar-refractivity contribution in [2.24, 2.45) is 0 Å². The van der Waals surface area contributed by atoms with Gasteiger partial charge in [0.1, 0.15) is 16.9 Å². The van der Waals surface area contributed by atoms with Crippen molar-refractivity contribution in [1.82, 2.24) is 4.90 Å². The Morgan fingerprint density at radius 1 is 0.477 bits per heavy atom. The van der Waals surface area contributed by atoms with Crippen LogP contribution in [0.15, 0.2) is 72.8 Å². The molecule has 0 radical (unpaired) electrons. The molecule has 7 atom stereocenters. The average Bonchev–Trinajstić information content (AvgIpc) is 0.803. The van der Waals surface area contributed by atoms with Gasteiger partial charge in [0.15, 0.2) is 23.1 Å². The maximum atomic E-state index is 13.3. The van der Waals surface area contributed by atoms with E-state index in [1.807, 2.05) is 19.9 Å². The van der Waals surface area contributed by atoms with Crippen LogP contribution in [0.4, 0.5) is 0 Å². The number of hydrogen-bond acceptors (Lipinski definition) is 8. The van der Waals surface area contributed by atoms with Crippen molar-refractivity contribution in [3.05, 3.63) is 146 Å². The van der Waals surface area contributed by atoms with Crippen LogP contribution in [-0.4, -0.2) is 141 Å². The van der Waals surface area contributed by atoms with Crippen LogP contribution in [-0.2, 0) is 83.7 Å². The first-order chi connectivity index (χ1) is 49.9. The van der Waals surface area contributed by atoms with Crippen molar-refractivity contribution >= 4 is 170 Å². The zero-order valence-corrected chi connectivity index (χ0v) is 81.1. The molecule has 0 aromatic heterocycles. The van der Waals surface area contributed by atoms with Crippen LogP contribution in [0.3, 0.4) is 0 Å². The number of aryl methyl sites for hydroxylation is 8. The molecular formula is C86H140AgBr3Cl5IN3O9S+. The van der Waals surface area contributed by atoms with E-state index in [0.29, 0.717) is 55.2 Å². The Balaban J connectivity index is -0.000000401. The summed E-state index contributed by atoms with van der Waals surface area (Å²) in [5.74, 6) is 0.833. The summed E-state index contributed by atoms with van der Waals surface area (Å²) in [6, 6.07) is 25.7. The van der Waals surface area contributed by atoms with Crippen molar-refractivity contribution in [2.45, 2.75) is 311 Å². The van der Waals surface area contributed by atoms with Crippen molar-refractivity contribution in [3.8, 4) is 0 Å². The third-order valence-electron chi connectivity index (χ3n) is 20.8. The third kappa shape index (κ3) is 44.4. The Morgan fingerprint density at radius 2 is 0.789 bits per heavy atom. The molecule has 12 nitrogen and oxygen atoms in total. The molecule has 3 heterocycles. The van der Waals surface area contributed by atoms with Gasteiger partial charge in [0, 0.05) is 59.9 Å². The number of likely N-dealkylation sites (tertiary alicyclic amines) is 3. The first-order valence-corrected chi connectivity index (χ1v) is 46.5. The van der Waals surface area contributed by atoms with Gasteiger partial charge in [0.05, 0.1) is 48.4 Å². The number of Topliss-reactive ketones (excluding diaryl/α,β-unsaturated/α-hetero) is 4. The molecule has 4 aromatic carbocycles. The Kier molecular flexibility index (Phi) is 71.7. The molecule has 0 saturated carbocycles. The quantitative estimate of drug-likeness (QED) is 0.0128. The number of piperidine rings is 3. The van der Waals surface area contributed by atoms with E-state index in [4.69, 9.17) is 20.9 Å². The van der Waals surface area contributed by atoms with Gasteiger partial charge in [-0.2, -0.15) is 0 Å². The summed E-state index contributed by atoms with van der Waals surface area (Å²) in [4.78, 5) is 73.6. The average molecular weight is 2040 g/mol. The second-order valence-corrected chi connectivity index (χ2v) is 34.7. The minimum absolute atomic E-state index is 0. The predicted octanol–water partition coefficient (Wildman–Crippen LogP) is 23.9. The monoisotopic (exact) mass is 2040 g/mol. The van der Waals surface area contributed by atoms with Crippen molar-refractivity contribution in [3.63, 3.8) is 0 Å². The van der Waals surface area contributed by atoms with Crippen molar-refractivity contribution in [1.29, 1.82) is 0 Å². The predicted molar refractivity (Wildman–Crippen MR) is 488 cm³/mol. The molecule has 4 aromatic rings. The van der Waals surface area contributed by atoms with Crippen LogP contribution in [0.1, 0.15) is 264 Å². The fourth-order valence-electron chi connectivity index (χ4n) is 14.6. The molecule has 23 heteroatoms. The Morgan fingerprint density at radius 3 is 1.09 bits per heavy atom. The maximum absolute atomic E-state index is 13.3. The number of nitrogens with zero attached hydrogens (tertiary/aromatic N) is 3. The van der Waals surface area contributed by atoms with Crippen molar-refractivity contribution < 1.29 is 72.5 Å². The second kappa shape index (κ2) is 67.0. The standard InChI is InChI=1S/C21H34NO.C21H33NO.C19H29NO.C14H19BrO.C5H8BrClO.C5H9BrO2.CH4.Ag.Cl2OS.2ClH.HI.H2O/c2*1-5-11-20(22(6-2)14-8-7-9-15-22)21(23)16-19-17(3)12-10-13-18(19)4;1-4-9-18(20-12-6-5-7-13-20)19(21)14-17-15(2)10-8-11-16(17)3;1-4-6-13(15)14(16)9-12-10(2)7-5-8-11(12)3;2*1-2-3-4(6)5(7)8;;;1-4(2)3;;;;/h10,12-13,20H,5-9,11,14-16H2,1-4H3;10,12-14,20H,5-9,11,15-16H2,1-4H3;8,10-11,18H,4-7,9,12-14H2,1-3H3;5,7-8,13H,4,6,9H2,1-3H3;4H,2-3H2,1H3;4H,2-3H2,1H3,(H,7,8);1H4;;;3*1H;1H2/q+1;;;;;;;+1;;;;;/p-1. The van der Waals surface area contributed by atoms with Gasteiger partial charge in [-0.25, -0.2) is 4.21 Å². The van der Waals surface area contributed by atoms with Gasteiger partial charge in [0.2, 0.25) is 14.5 Å². The minimum atomic E-state index is -1.67. The van der Waals surface area contributed by atoms with Crippen LogP contribution in [0.25, 0.3) is 0 Å². The summed E-state index contributed by atoms with van der Waals surface area (Å²) in [6.07, 6.45) is 25.4. The SMILES string of the molecule is C.CCCC(Br)C(=O)Cc1c(C)cccc1C.CCCC(Br)C(=O)Cl.CCCC(Br)C(=O)O.CCCC(C(=O)Cc1c(C)cccc1C)N1CCCCC1.CCCC(C(=O)Cc1c(C)cccc1C)[N+]1(CC)CCCCC1.CCCC(C(=O)Cc1c(C)cccc1C)[N+]1(CC)[CH-]CCCC1.Cl.I.O.O=S(Cl)Cl.[Cl][Ag]. The Labute approximate surface area is 743 Å². The number of hydrogen-bond donors (Lipinski definition) is 1. The van der Waals surface area contributed by atoms with E-state index in [0.717, 1.165) is 119 Å². The van der Waals surface area contributed by atoms with Crippen LogP contribution in [0, 0.1) is 61.9 Å². The number of rotatable bonds is 31. The van der Waals surface area contributed by atoms with Gasteiger partial charge in [-0.3, -0.25) is 33.7 Å². The van der Waals surface area contributed by atoms with Crippen LogP contribution in [0.5, 0.6) is 0 Å². The number of carbonyl (C=O) groups is 6. The molecular weight excluding hydrogens is 1900 g/mol. The van der Waals surface area contributed by atoms with Crippen LogP contribution < -0.4 is 0 Å². The summed E-state index contributed by atoms with van der Waals surface area (Å²) >= 11 is 17.1. The fourth-order valence-corrected chi connectivity index (χ4v) is 16.3. The number of carboxylic acids is 1. The summed E-state index contributed by atoms with van der Waals surface area (Å²) < 4.78 is 11.0.